The molecule has 0 saturated heterocycles. The third kappa shape index (κ3) is 21.9. The number of hydrogen-bond acceptors (Lipinski definition) is 7. The number of hydrogen-bond donors (Lipinski definition) is 1. The highest BCUT2D eigenvalue weighted by atomic mass is 19.1. The summed E-state index contributed by atoms with van der Waals surface area (Å²) in [5.74, 6) is -0.268. The number of carbonyl (C=O) groups excluding carboxylic acids is 2. The fraction of sp³-hybridized carbons (Fsp3) is 0.909. The van der Waals surface area contributed by atoms with Crippen LogP contribution in [0.25, 0.3) is 0 Å². The molecule has 0 aliphatic rings. The Kier molecular flexibility index (Phi) is 24.3. The summed E-state index contributed by atoms with van der Waals surface area (Å²) in [5, 5.41) is 2.55. The molecule has 2 unspecified atom stereocenters. The van der Waals surface area contributed by atoms with Gasteiger partial charge in [0.05, 0.1) is 65.5 Å². The molecule has 0 bridgehead atoms. The number of Topliss-reactive ketones (excluding diaryl/α,β-unsaturated/α-hetero) is 1. The maximum atomic E-state index is 13.9. The Balaban J connectivity index is 0. The second kappa shape index (κ2) is 23.5. The van der Waals surface area contributed by atoms with Crippen molar-refractivity contribution >= 4 is 11.7 Å². The third-order valence-corrected chi connectivity index (χ3v) is 3.89. The maximum absolute atomic E-state index is 13.9. The topological polar surface area (TPSA) is 92.3 Å². The zero-order valence-electron chi connectivity index (χ0n) is 20.2. The molecule has 0 saturated carbocycles. The van der Waals surface area contributed by atoms with Crippen LogP contribution < -0.4 is 5.32 Å². The summed E-state index contributed by atoms with van der Waals surface area (Å²) < 4.78 is 40.4. The summed E-state index contributed by atoms with van der Waals surface area (Å²) in [5.41, 5.74) is 0. The van der Waals surface area contributed by atoms with Crippen molar-refractivity contribution in [2.75, 3.05) is 66.0 Å². The minimum atomic E-state index is -1.27. The Labute approximate surface area is 187 Å². The lowest BCUT2D eigenvalue weighted by atomic mass is 10.2. The Morgan fingerprint density at radius 3 is 1.71 bits per heavy atom. The molecule has 9 heteroatoms. The predicted octanol–water partition coefficient (Wildman–Crippen LogP) is 2.57. The SMILES string of the molecule is CC.CCC(=O)COCCOCCOCCOCCOC(C)C(F)CNC(=O)C(C)C. The molecule has 1 amide bonds. The van der Waals surface area contributed by atoms with Crippen molar-refractivity contribution < 1.29 is 37.7 Å². The van der Waals surface area contributed by atoms with Gasteiger partial charge in [-0.1, -0.05) is 34.6 Å². The second-order valence-electron chi connectivity index (χ2n) is 6.77. The van der Waals surface area contributed by atoms with Crippen LogP contribution in [0.4, 0.5) is 4.39 Å². The molecule has 0 heterocycles. The Morgan fingerprint density at radius 1 is 0.806 bits per heavy atom. The predicted molar refractivity (Wildman–Crippen MR) is 118 cm³/mol. The molecule has 0 aromatic rings. The van der Waals surface area contributed by atoms with E-state index in [2.05, 4.69) is 5.32 Å². The summed E-state index contributed by atoms with van der Waals surface area (Å²) in [4.78, 5) is 22.4. The highest BCUT2D eigenvalue weighted by molar-refractivity contribution is 5.79. The van der Waals surface area contributed by atoms with Gasteiger partial charge in [-0.15, -0.1) is 0 Å². The van der Waals surface area contributed by atoms with Gasteiger partial charge in [0.25, 0.3) is 0 Å². The van der Waals surface area contributed by atoms with Crippen LogP contribution in [-0.2, 0) is 33.3 Å². The molecule has 0 rings (SSSR count). The molecule has 0 spiro atoms. The maximum Gasteiger partial charge on any atom is 0.222 e. The molecule has 0 aromatic heterocycles. The van der Waals surface area contributed by atoms with Crippen LogP contribution in [0.3, 0.4) is 0 Å². The summed E-state index contributed by atoms with van der Waals surface area (Å²) >= 11 is 0. The number of ketones is 1. The van der Waals surface area contributed by atoms with Crippen molar-refractivity contribution in [3.05, 3.63) is 0 Å². The molecule has 1 N–H and O–H groups in total. The van der Waals surface area contributed by atoms with Crippen molar-refractivity contribution in [2.45, 2.75) is 60.2 Å². The molecular weight excluding hydrogens is 409 g/mol. The van der Waals surface area contributed by atoms with Gasteiger partial charge in [0, 0.05) is 12.3 Å². The molecule has 186 valence electrons. The molecule has 0 radical (unpaired) electrons. The lowest BCUT2D eigenvalue weighted by Gasteiger charge is -2.18. The van der Waals surface area contributed by atoms with Gasteiger partial charge in [-0.25, -0.2) is 4.39 Å². The third-order valence-electron chi connectivity index (χ3n) is 3.89. The second-order valence-corrected chi connectivity index (χ2v) is 6.77. The zero-order valence-corrected chi connectivity index (χ0v) is 20.2. The Morgan fingerprint density at radius 2 is 1.26 bits per heavy atom. The summed E-state index contributed by atoms with van der Waals surface area (Å²) in [6.07, 6.45) is -1.40. The number of ether oxygens (including phenoxy) is 5. The van der Waals surface area contributed by atoms with Crippen LogP contribution in [0.2, 0.25) is 0 Å². The van der Waals surface area contributed by atoms with Crippen molar-refractivity contribution in [1.29, 1.82) is 0 Å². The van der Waals surface area contributed by atoms with Crippen molar-refractivity contribution in [3.8, 4) is 0 Å². The minimum Gasteiger partial charge on any atom is -0.377 e. The van der Waals surface area contributed by atoms with Gasteiger partial charge in [0.15, 0.2) is 5.78 Å². The van der Waals surface area contributed by atoms with Crippen LogP contribution in [0.5, 0.6) is 0 Å². The number of amides is 1. The lowest BCUT2D eigenvalue weighted by Crippen LogP contribution is -2.38. The average molecular weight is 454 g/mol. The quantitative estimate of drug-likeness (QED) is 0.283. The number of rotatable bonds is 20. The van der Waals surface area contributed by atoms with E-state index in [4.69, 9.17) is 23.7 Å². The van der Waals surface area contributed by atoms with Gasteiger partial charge in [0.2, 0.25) is 5.91 Å². The van der Waals surface area contributed by atoms with E-state index < -0.39 is 12.3 Å². The summed E-state index contributed by atoms with van der Waals surface area (Å²) in [6.45, 7) is 14.1. The number of carbonyl (C=O) groups is 2. The molecule has 0 fully saturated rings. The first-order valence-electron chi connectivity index (χ1n) is 11.2. The number of halogens is 1. The van der Waals surface area contributed by atoms with E-state index >= 15 is 0 Å². The largest absolute Gasteiger partial charge is 0.377 e. The van der Waals surface area contributed by atoms with E-state index in [0.717, 1.165) is 0 Å². The van der Waals surface area contributed by atoms with E-state index in [0.29, 0.717) is 52.7 Å². The minimum absolute atomic E-state index is 0.0576. The summed E-state index contributed by atoms with van der Waals surface area (Å²) in [7, 11) is 0. The molecule has 31 heavy (non-hydrogen) atoms. The molecular formula is C22H44FNO7. The van der Waals surface area contributed by atoms with Gasteiger partial charge < -0.3 is 29.0 Å². The Hall–Kier alpha value is -1.13. The van der Waals surface area contributed by atoms with Crippen molar-refractivity contribution in [2.24, 2.45) is 5.92 Å². The van der Waals surface area contributed by atoms with Crippen LogP contribution in [0.1, 0.15) is 48.0 Å². The van der Waals surface area contributed by atoms with Crippen LogP contribution in [0.15, 0.2) is 0 Å². The lowest BCUT2D eigenvalue weighted by molar-refractivity contribution is -0.125. The van der Waals surface area contributed by atoms with E-state index in [1.165, 1.54) is 0 Å². The highest BCUT2D eigenvalue weighted by Crippen LogP contribution is 2.03. The zero-order chi connectivity index (χ0) is 23.9. The normalized spacial score (nSPS) is 12.8. The molecule has 8 nitrogen and oxygen atoms in total. The fourth-order valence-electron chi connectivity index (χ4n) is 1.91. The monoisotopic (exact) mass is 453 g/mol. The van der Waals surface area contributed by atoms with E-state index in [1.54, 1.807) is 27.7 Å². The van der Waals surface area contributed by atoms with E-state index in [-0.39, 0.29) is 37.4 Å². The Bertz CT molecular complexity index is 425. The first-order chi connectivity index (χ1) is 14.9. The average Bonchev–Trinajstić information content (AvgIpc) is 2.78. The fourth-order valence-corrected chi connectivity index (χ4v) is 1.91. The standard InChI is InChI=1S/C20H38FNO7.C2H6/c1-5-18(23)15-28-11-10-26-7-6-25-8-9-27-12-13-29-17(4)19(21)14-22-20(24)16(2)3;1-2/h16-17,19H,5-15H2,1-4H3,(H,22,24);1-2H3. The molecule has 0 aromatic carbocycles. The number of nitrogens with one attached hydrogen (secondary N) is 1. The summed E-state index contributed by atoms with van der Waals surface area (Å²) in [6, 6.07) is 0. The van der Waals surface area contributed by atoms with Gasteiger partial charge in [-0.05, 0) is 6.92 Å². The van der Waals surface area contributed by atoms with Gasteiger partial charge in [0.1, 0.15) is 12.8 Å². The van der Waals surface area contributed by atoms with Crippen LogP contribution in [-0.4, -0.2) is 90.0 Å². The molecule has 0 aliphatic heterocycles. The van der Waals surface area contributed by atoms with Gasteiger partial charge in [-0.2, -0.15) is 0 Å². The van der Waals surface area contributed by atoms with Gasteiger partial charge >= 0.3 is 0 Å². The molecule has 2 atom stereocenters. The van der Waals surface area contributed by atoms with E-state index in [1.807, 2.05) is 13.8 Å². The number of alkyl halides is 1. The van der Waals surface area contributed by atoms with Crippen LogP contribution >= 0.6 is 0 Å². The van der Waals surface area contributed by atoms with Crippen molar-refractivity contribution in [3.63, 3.8) is 0 Å². The van der Waals surface area contributed by atoms with Crippen molar-refractivity contribution in [1.82, 2.24) is 5.32 Å². The van der Waals surface area contributed by atoms with Gasteiger partial charge in [-0.3, -0.25) is 9.59 Å². The first-order valence-corrected chi connectivity index (χ1v) is 11.2. The first kappa shape index (κ1) is 32.1. The van der Waals surface area contributed by atoms with E-state index in [9.17, 15) is 14.0 Å². The smallest absolute Gasteiger partial charge is 0.222 e. The van der Waals surface area contributed by atoms with Crippen LogP contribution in [0, 0.1) is 5.92 Å². The molecule has 0 aliphatic carbocycles. The highest BCUT2D eigenvalue weighted by Gasteiger charge is 2.18.